The Morgan fingerprint density at radius 2 is 2.17 bits per heavy atom. The van der Waals surface area contributed by atoms with E-state index in [9.17, 15) is 4.79 Å². The first-order chi connectivity index (χ1) is 11.2. The topological polar surface area (TPSA) is 62.1 Å². The highest BCUT2D eigenvalue weighted by molar-refractivity contribution is 5.81. The lowest BCUT2D eigenvalue weighted by molar-refractivity contribution is -0.143. The molecule has 2 fully saturated rings. The molecule has 1 saturated heterocycles. The Balaban J connectivity index is 1.42. The maximum atomic E-state index is 11.0. The molecule has 0 aromatic heterocycles. The van der Waals surface area contributed by atoms with E-state index in [0.29, 0.717) is 19.1 Å². The number of rotatable bonds is 7. The minimum atomic E-state index is -0.690. The number of carboxylic acid groups (broad SMARTS) is 1. The fourth-order valence-electron chi connectivity index (χ4n) is 3.17. The normalized spacial score (nSPS) is 22.3. The van der Waals surface area contributed by atoms with Crippen LogP contribution in [0.4, 0.5) is 0 Å². The van der Waals surface area contributed by atoms with Crippen LogP contribution in [0.15, 0.2) is 29.4 Å². The molecule has 5 heteroatoms. The lowest BCUT2D eigenvalue weighted by Gasteiger charge is -2.29. The number of oxime groups is 1. The van der Waals surface area contributed by atoms with Gasteiger partial charge in [-0.05, 0) is 49.3 Å². The van der Waals surface area contributed by atoms with E-state index in [-0.39, 0.29) is 5.92 Å². The highest BCUT2D eigenvalue weighted by Crippen LogP contribution is 2.41. The van der Waals surface area contributed by atoms with E-state index in [1.165, 1.54) is 18.4 Å². The maximum Gasteiger partial charge on any atom is 0.307 e. The molecular weight excluding hydrogens is 292 g/mol. The monoisotopic (exact) mass is 316 g/mol. The van der Waals surface area contributed by atoms with Gasteiger partial charge in [0.25, 0.3) is 0 Å². The molecule has 124 valence electrons. The zero-order valence-corrected chi connectivity index (χ0v) is 13.4. The fourth-order valence-corrected chi connectivity index (χ4v) is 3.17. The smallest absolute Gasteiger partial charge is 0.307 e. The molecule has 1 unspecified atom stereocenters. The Morgan fingerprint density at radius 1 is 1.35 bits per heavy atom. The number of aliphatic carboxylic acids is 1. The van der Waals surface area contributed by atoms with Crippen molar-refractivity contribution in [3.8, 4) is 0 Å². The first kappa shape index (κ1) is 16.0. The summed E-state index contributed by atoms with van der Waals surface area (Å²) in [5, 5.41) is 13.2. The number of benzene rings is 1. The van der Waals surface area contributed by atoms with E-state index >= 15 is 0 Å². The number of hydrogen-bond acceptors (Lipinski definition) is 4. The summed E-state index contributed by atoms with van der Waals surface area (Å²) in [5.74, 6) is -0.234. The highest BCUT2D eigenvalue weighted by Gasteiger charge is 2.25. The largest absolute Gasteiger partial charge is 0.481 e. The molecule has 0 radical (unpaired) electrons. The van der Waals surface area contributed by atoms with Crippen LogP contribution in [0.3, 0.4) is 0 Å². The van der Waals surface area contributed by atoms with Gasteiger partial charge < -0.3 is 9.94 Å². The molecule has 1 aromatic carbocycles. The second-order valence-electron chi connectivity index (χ2n) is 6.45. The molecule has 0 amide bonds. The van der Waals surface area contributed by atoms with E-state index in [0.717, 1.165) is 31.5 Å². The van der Waals surface area contributed by atoms with Gasteiger partial charge in [0, 0.05) is 13.1 Å². The van der Waals surface area contributed by atoms with Gasteiger partial charge in [-0.25, -0.2) is 0 Å². The van der Waals surface area contributed by atoms with Gasteiger partial charge in [-0.15, -0.1) is 0 Å². The van der Waals surface area contributed by atoms with E-state index < -0.39 is 5.97 Å². The van der Waals surface area contributed by atoms with E-state index in [4.69, 9.17) is 9.94 Å². The average Bonchev–Trinajstić information content (AvgIpc) is 3.40. The summed E-state index contributed by atoms with van der Waals surface area (Å²) in [6, 6.07) is 8.33. The van der Waals surface area contributed by atoms with Gasteiger partial charge in [0.1, 0.15) is 6.61 Å². The van der Waals surface area contributed by atoms with Crippen LogP contribution >= 0.6 is 0 Å². The van der Waals surface area contributed by atoms with Crippen LogP contribution in [0, 0.1) is 5.92 Å². The van der Waals surface area contributed by atoms with Crippen LogP contribution in [0.2, 0.25) is 0 Å². The number of piperidine rings is 1. The van der Waals surface area contributed by atoms with Crippen molar-refractivity contribution < 1.29 is 14.7 Å². The predicted molar refractivity (Wildman–Crippen MR) is 88.8 cm³/mol. The first-order valence-electron chi connectivity index (χ1n) is 8.43. The third kappa shape index (κ3) is 4.55. The molecule has 2 aliphatic rings. The van der Waals surface area contributed by atoms with Crippen molar-refractivity contribution in [1.82, 2.24) is 4.90 Å². The number of hydrogen-bond donors (Lipinski definition) is 1. The van der Waals surface area contributed by atoms with Crippen molar-refractivity contribution in [3.05, 3.63) is 35.4 Å². The lowest BCUT2D eigenvalue weighted by atomic mass is 9.98. The fraction of sp³-hybridized carbons (Fsp3) is 0.556. The van der Waals surface area contributed by atoms with Crippen LogP contribution in [0.5, 0.6) is 0 Å². The molecule has 0 spiro atoms. The van der Waals surface area contributed by atoms with Gasteiger partial charge in [0.15, 0.2) is 0 Å². The van der Waals surface area contributed by atoms with Crippen LogP contribution in [-0.2, 0) is 9.63 Å². The minimum Gasteiger partial charge on any atom is -0.481 e. The van der Waals surface area contributed by atoms with Crippen LogP contribution in [0.1, 0.15) is 42.7 Å². The molecule has 1 aliphatic heterocycles. The van der Waals surface area contributed by atoms with E-state index in [1.807, 2.05) is 6.07 Å². The third-order valence-electron chi connectivity index (χ3n) is 4.63. The number of carboxylic acids is 1. The number of carbonyl (C=O) groups is 1. The molecule has 1 N–H and O–H groups in total. The minimum absolute atomic E-state index is 0.238. The molecule has 1 saturated carbocycles. The zero-order valence-electron chi connectivity index (χ0n) is 13.4. The summed E-state index contributed by atoms with van der Waals surface area (Å²) < 4.78 is 0. The second-order valence-corrected chi connectivity index (χ2v) is 6.45. The molecule has 5 nitrogen and oxygen atoms in total. The Bertz CT molecular complexity index is 569. The van der Waals surface area contributed by atoms with Crippen molar-refractivity contribution in [1.29, 1.82) is 0 Å². The standard InChI is InChI=1S/C18H24N2O3/c21-18(22)16-5-3-9-20(13-16)10-11-23-19-12-15-4-1-2-6-17(15)14-7-8-14/h1-2,4,6,12,14,16H,3,5,7-11,13H2,(H,21,22). The Hall–Kier alpha value is -1.88. The van der Waals surface area contributed by atoms with E-state index in [1.54, 1.807) is 6.21 Å². The Morgan fingerprint density at radius 3 is 2.96 bits per heavy atom. The summed E-state index contributed by atoms with van der Waals surface area (Å²) in [7, 11) is 0. The predicted octanol–water partition coefficient (Wildman–Crippen LogP) is 2.71. The molecular formula is C18H24N2O3. The molecule has 23 heavy (non-hydrogen) atoms. The van der Waals surface area contributed by atoms with Crippen LogP contribution < -0.4 is 0 Å². The number of nitrogens with zero attached hydrogens (tertiary/aromatic N) is 2. The van der Waals surface area contributed by atoms with Crippen LogP contribution in [0.25, 0.3) is 0 Å². The van der Waals surface area contributed by atoms with Gasteiger partial charge in [-0.3, -0.25) is 9.69 Å². The average molecular weight is 316 g/mol. The van der Waals surface area contributed by atoms with Crippen molar-refractivity contribution in [2.75, 3.05) is 26.2 Å². The van der Waals surface area contributed by atoms with Gasteiger partial charge >= 0.3 is 5.97 Å². The van der Waals surface area contributed by atoms with Gasteiger partial charge in [-0.2, -0.15) is 0 Å². The second kappa shape index (κ2) is 7.59. The molecule has 1 heterocycles. The Labute approximate surface area is 136 Å². The van der Waals surface area contributed by atoms with Crippen molar-refractivity contribution in [3.63, 3.8) is 0 Å². The highest BCUT2D eigenvalue weighted by atomic mass is 16.6. The van der Waals surface area contributed by atoms with Crippen molar-refractivity contribution in [2.45, 2.75) is 31.6 Å². The quantitative estimate of drug-likeness (QED) is 0.477. The molecule has 1 aliphatic carbocycles. The van der Waals surface area contributed by atoms with Crippen molar-refractivity contribution >= 4 is 12.2 Å². The van der Waals surface area contributed by atoms with Gasteiger partial charge in [0.2, 0.25) is 0 Å². The van der Waals surface area contributed by atoms with Crippen molar-refractivity contribution in [2.24, 2.45) is 11.1 Å². The molecule has 0 bridgehead atoms. The summed E-state index contributed by atoms with van der Waals surface area (Å²) in [5.41, 5.74) is 2.50. The lowest BCUT2D eigenvalue weighted by Crippen LogP contribution is -2.40. The first-order valence-corrected chi connectivity index (χ1v) is 8.43. The zero-order chi connectivity index (χ0) is 16.1. The van der Waals surface area contributed by atoms with E-state index in [2.05, 4.69) is 28.3 Å². The summed E-state index contributed by atoms with van der Waals surface area (Å²) in [6.07, 6.45) is 6.05. The molecule has 3 rings (SSSR count). The summed E-state index contributed by atoms with van der Waals surface area (Å²) >= 11 is 0. The summed E-state index contributed by atoms with van der Waals surface area (Å²) in [4.78, 5) is 18.6. The number of likely N-dealkylation sites (tertiary alicyclic amines) is 1. The maximum absolute atomic E-state index is 11.0. The van der Waals surface area contributed by atoms with Gasteiger partial charge in [0.05, 0.1) is 12.1 Å². The Kier molecular flexibility index (Phi) is 5.28. The summed E-state index contributed by atoms with van der Waals surface area (Å²) in [6.45, 7) is 2.79. The SMILES string of the molecule is O=C(O)C1CCCN(CCON=Cc2ccccc2C2CC2)C1. The van der Waals surface area contributed by atoms with Gasteiger partial charge in [-0.1, -0.05) is 29.4 Å². The van der Waals surface area contributed by atoms with Crippen LogP contribution in [-0.4, -0.2) is 48.4 Å². The molecule has 1 atom stereocenters. The molecule has 1 aromatic rings. The third-order valence-corrected chi connectivity index (χ3v) is 4.63.